The van der Waals surface area contributed by atoms with Crippen LogP contribution >= 0.6 is 0 Å². The quantitative estimate of drug-likeness (QED) is 0.130. The molecule has 0 aliphatic heterocycles. The Morgan fingerprint density at radius 3 is 2.09 bits per heavy atom. The van der Waals surface area contributed by atoms with Crippen LogP contribution in [0.2, 0.25) is 0 Å². The Labute approximate surface area is 190 Å². The van der Waals surface area contributed by atoms with Crippen molar-refractivity contribution < 1.29 is 17.6 Å². The Morgan fingerprint density at radius 2 is 1.39 bits per heavy atom. The van der Waals surface area contributed by atoms with Crippen LogP contribution in [0.15, 0.2) is 78.9 Å². The zero-order chi connectivity index (χ0) is 23.4. The number of halogens is 4. The van der Waals surface area contributed by atoms with E-state index in [-0.39, 0.29) is 16.5 Å². The summed E-state index contributed by atoms with van der Waals surface area (Å²) in [7, 11) is 0. The van der Waals surface area contributed by atoms with Gasteiger partial charge in [0.2, 0.25) is 0 Å². The summed E-state index contributed by atoms with van der Waals surface area (Å²) in [5.41, 5.74) is 2.77. The Hall–Kier alpha value is -3.84. The van der Waals surface area contributed by atoms with E-state index in [2.05, 4.69) is 30.0 Å². The van der Waals surface area contributed by atoms with E-state index >= 15 is 4.39 Å². The number of aryl methyl sites for hydroxylation is 1. The molecule has 4 heteroatoms. The van der Waals surface area contributed by atoms with Crippen LogP contribution < -0.4 is 0 Å². The molecule has 0 saturated carbocycles. The normalized spacial score (nSPS) is 11.1. The summed E-state index contributed by atoms with van der Waals surface area (Å²) in [5, 5.41) is 0.888. The first-order valence-corrected chi connectivity index (χ1v) is 10.6. The number of hydrogen-bond donors (Lipinski definition) is 0. The molecule has 33 heavy (non-hydrogen) atoms. The minimum Gasteiger partial charge on any atom is -0.206 e. The molecular formula is C29H20F4. The second kappa shape index (κ2) is 9.75. The monoisotopic (exact) mass is 444 g/mol. The van der Waals surface area contributed by atoms with Crippen LogP contribution in [-0.2, 0) is 6.42 Å². The number of fused-ring (bicyclic) bond motifs is 1. The summed E-state index contributed by atoms with van der Waals surface area (Å²) < 4.78 is 55.5. The van der Waals surface area contributed by atoms with Gasteiger partial charge in [0.25, 0.3) is 0 Å². The molecule has 164 valence electrons. The summed E-state index contributed by atoms with van der Waals surface area (Å²) in [5.74, 6) is 1.27. The predicted molar refractivity (Wildman–Crippen MR) is 125 cm³/mol. The van der Waals surface area contributed by atoms with Gasteiger partial charge in [0.15, 0.2) is 17.5 Å². The number of allylic oxidation sites excluding steroid dienone is 2. The fourth-order valence-electron chi connectivity index (χ4n) is 3.62. The van der Waals surface area contributed by atoms with Gasteiger partial charge in [-0.05, 0) is 72.7 Å². The van der Waals surface area contributed by atoms with Crippen molar-refractivity contribution >= 4 is 10.8 Å². The Balaban J connectivity index is 1.59. The minimum atomic E-state index is -1.58. The highest BCUT2D eigenvalue weighted by atomic mass is 19.2. The van der Waals surface area contributed by atoms with E-state index in [1.165, 1.54) is 11.6 Å². The first-order valence-electron chi connectivity index (χ1n) is 10.6. The molecule has 0 nitrogen and oxygen atoms in total. The van der Waals surface area contributed by atoms with Gasteiger partial charge in [0.1, 0.15) is 5.82 Å². The van der Waals surface area contributed by atoms with Gasteiger partial charge in [0.05, 0.1) is 0 Å². The fraction of sp³-hybridized carbons (Fsp3) is 0.103. The molecule has 0 amide bonds. The maximum absolute atomic E-state index is 15.1. The van der Waals surface area contributed by atoms with Crippen molar-refractivity contribution in [1.29, 1.82) is 0 Å². The van der Waals surface area contributed by atoms with Crippen molar-refractivity contribution in [2.75, 3.05) is 0 Å². The van der Waals surface area contributed by atoms with Crippen LogP contribution in [0.5, 0.6) is 0 Å². The average Bonchev–Trinajstić information content (AvgIpc) is 2.82. The third-order valence-corrected chi connectivity index (χ3v) is 5.39. The molecule has 0 saturated heterocycles. The zero-order valence-corrected chi connectivity index (χ0v) is 17.9. The van der Waals surface area contributed by atoms with Crippen molar-refractivity contribution in [3.05, 3.63) is 119 Å². The van der Waals surface area contributed by atoms with Crippen molar-refractivity contribution in [2.45, 2.75) is 19.8 Å². The Bertz CT molecular complexity index is 1380. The molecule has 0 N–H and O–H groups in total. The van der Waals surface area contributed by atoms with Gasteiger partial charge in [0, 0.05) is 22.1 Å². The van der Waals surface area contributed by atoms with Crippen molar-refractivity contribution in [1.82, 2.24) is 0 Å². The average molecular weight is 444 g/mol. The van der Waals surface area contributed by atoms with Gasteiger partial charge in [-0.3, -0.25) is 0 Å². The molecule has 4 aromatic carbocycles. The zero-order valence-electron chi connectivity index (χ0n) is 17.9. The molecule has 0 atom stereocenters. The number of hydrogen-bond acceptors (Lipinski definition) is 0. The summed E-state index contributed by atoms with van der Waals surface area (Å²) in [6.07, 6.45) is 6.16. The first-order chi connectivity index (χ1) is 16.0. The van der Waals surface area contributed by atoms with Gasteiger partial charge in [-0.25, -0.2) is 17.6 Å². The number of benzene rings is 4. The van der Waals surface area contributed by atoms with E-state index in [1.54, 1.807) is 24.3 Å². The van der Waals surface area contributed by atoms with E-state index in [0.29, 0.717) is 10.9 Å². The van der Waals surface area contributed by atoms with Gasteiger partial charge in [-0.1, -0.05) is 54.3 Å². The molecule has 0 bridgehead atoms. The fourth-order valence-corrected chi connectivity index (χ4v) is 3.62. The topological polar surface area (TPSA) is 0 Å². The maximum Gasteiger partial charge on any atom is 0.194 e. The summed E-state index contributed by atoms with van der Waals surface area (Å²) in [4.78, 5) is 0. The highest BCUT2D eigenvalue weighted by molar-refractivity contribution is 5.89. The van der Waals surface area contributed by atoms with Crippen molar-refractivity contribution in [3.63, 3.8) is 0 Å². The van der Waals surface area contributed by atoms with Crippen LogP contribution in [0.25, 0.3) is 21.9 Å². The van der Waals surface area contributed by atoms with E-state index in [9.17, 15) is 13.2 Å². The van der Waals surface area contributed by atoms with Crippen molar-refractivity contribution in [2.24, 2.45) is 0 Å². The Morgan fingerprint density at radius 1 is 0.727 bits per heavy atom. The third kappa shape index (κ3) is 4.99. The van der Waals surface area contributed by atoms with Crippen LogP contribution in [0.3, 0.4) is 0 Å². The van der Waals surface area contributed by atoms with Gasteiger partial charge >= 0.3 is 0 Å². The third-order valence-electron chi connectivity index (χ3n) is 5.39. The molecule has 4 rings (SSSR count). The maximum atomic E-state index is 15.1. The first kappa shape index (κ1) is 22.4. The number of rotatable bonds is 4. The molecular weight excluding hydrogens is 424 g/mol. The molecule has 4 aromatic rings. The van der Waals surface area contributed by atoms with Crippen molar-refractivity contribution in [3.8, 4) is 23.0 Å². The highest BCUT2D eigenvalue weighted by Crippen LogP contribution is 2.31. The van der Waals surface area contributed by atoms with Crippen LogP contribution in [0.1, 0.15) is 30.0 Å². The molecule has 0 aliphatic rings. The summed E-state index contributed by atoms with van der Waals surface area (Å²) >= 11 is 0. The summed E-state index contributed by atoms with van der Waals surface area (Å²) in [6.45, 7) is 2.01. The molecule has 0 aromatic heterocycles. The largest absolute Gasteiger partial charge is 0.206 e. The molecule has 0 radical (unpaired) electrons. The molecule has 0 aliphatic carbocycles. The summed E-state index contributed by atoms with van der Waals surface area (Å²) in [6, 6.07) is 17.8. The second-order valence-electron chi connectivity index (χ2n) is 7.67. The SMILES string of the molecule is C/C=C/CCc1ccc(C#Cc2ccc3c(F)c(-c4cc(F)c(F)c(F)c4)ccc3c2)cc1. The molecule has 0 fully saturated rings. The van der Waals surface area contributed by atoms with E-state index in [0.717, 1.165) is 30.5 Å². The lowest BCUT2D eigenvalue weighted by Crippen LogP contribution is -1.94. The highest BCUT2D eigenvalue weighted by Gasteiger charge is 2.15. The van der Waals surface area contributed by atoms with Gasteiger partial charge < -0.3 is 0 Å². The van der Waals surface area contributed by atoms with E-state index < -0.39 is 23.3 Å². The Kier molecular flexibility index (Phi) is 6.60. The van der Waals surface area contributed by atoms with Crippen LogP contribution in [-0.4, -0.2) is 0 Å². The lowest BCUT2D eigenvalue weighted by molar-refractivity contribution is 0.447. The predicted octanol–water partition coefficient (Wildman–Crippen LogP) is 7.97. The van der Waals surface area contributed by atoms with E-state index in [1.807, 2.05) is 25.1 Å². The van der Waals surface area contributed by atoms with Gasteiger partial charge in [-0.2, -0.15) is 0 Å². The molecule has 0 unspecified atom stereocenters. The smallest absolute Gasteiger partial charge is 0.194 e. The standard InChI is InChI=1S/C29H20F4/c1-2-3-4-5-19-6-8-20(9-7-19)10-11-21-12-14-24-22(16-21)13-15-25(28(24)32)23-17-26(30)29(33)27(31)18-23/h2-3,6-9,12-18H,4-5H2,1H3/b3-2+. The van der Waals surface area contributed by atoms with Crippen LogP contribution in [0, 0.1) is 35.1 Å². The van der Waals surface area contributed by atoms with Crippen LogP contribution in [0.4, 0.5) is 17.6 Å². The second-order valence-corrected chi connectivity index (χ2v) is 7.67. The molecule has 0 spiro atoms. The lowest BCUT2D eigenvalue weighted by atomic mass is 9.98. The van der Waals surface area contributed by atoms with Gasteiger partial charge in [-0.15, -0.1) is 0 Å². The van der Waals surface area contributed by atoms with E-state index in [4.69, 9.17) is 0 Å². The minimum absolute atomic E-state index is 0.00588. The molecule has 0 heterocycles. The lowest BCUT2D eigenvalue weighted by Gasteiger charge is -2.08.